The van der Waals surface area contributed by atoms with E-state index < -0.39 is 38.7 Å². The maximum absolute atomic E-state index is 13.9. The largest absolute Gasteiger partial charge is 0.417 e. The van der Waals surface area contributed by atoms with Crippen molar-refractivity contribution in [3.05, 3.63) is 75.3 Å². The third-order valence-electron chi connectivity index (χ3n) is 7.55. The number of amides is 2. The quantitative estimate of drug-likeness (QED) is 0.440. The number of alkyl halides is 3. The smallest absolute Gasteiger partial charge is 0.331 e. The van der Waals surface area contributed by atoms with E-state index in [1.165, 1.54) is 17.2 Å². The van der Waals surface area contributed by atoms with Crippen molar-refractivity contribution in [3.63, 3.8) is 0 Å². The molecule has 0 aliphatic carbocycles. The van der Waals surface area contributed by atoms with Crippen LogP contribution < -0.4 is 4.72 Å². The van der Waals surface area contributed by atoms with Crippen LogP contribution in [0, 0.1) is 0 Å². The van der Waals surface area contributed by atoms with Gasteiger partial charge in [-0.15, -0.1) is 0 Å². The van der Waals surface area contributed by atoms with Crippen LogP contribution in [0.1, 0.15) is 76.2 Å². The van der Waals surface area contributed by atoms with Gasteiger partial charge >= 0.3 is 6.18 Å². The highest BCUT2D eigenvalue weighted by Gasteiger charge is 2.41. The molecule has 2 aromatic heterocycles. The van der Waals surface area contributed by atoms with Gasteiger partial charge < -0.3 is 9.80 Å². The van der Waals surface area contributed by atoms with Crippen LogP contribution in [0.2, 0.25) is 5.02 Å². The Kier molecular flexibility index (Phi) is 7.50. The monoisotopic (exact) mass is 624 g/mol. The number of sulfonamides is 1. The first kappa shape index (κ1) is 29.8. The number of halogens is 4. The fourth-order valence-corrected chi connectivity index (χ4v) is 6.20. The lowest BCUT2D eigenvalue weighted by atomic mass is 9.96. The van der Waals surface area contributed by atoms with Crippen molar-refractivity contribution in [3.8, 4) is 0 Å². The Labute approximate surface area is 245 Å². The van der Waals surface area contributed by atoms with Gasteiger partial charge in [-0.2, -0.15) is 18.3 Å². The highest BCUT2D eigenvalue weighted by molar-refractivity contribution is 7.92. The lowest BCUT2D eigenvalue weighted by Gasteiger charge is -2.37. The third kappa shape index (κ3) is 5.56. The number of benzene rings is 1. The van der Waals surface area contributed by atoms with E-state index in [9.17, 15) is 31.2 Å². The second-order valence-corrected chi connectivity index (χ2v) is 12.9. The fourth-order valence-electron chi connectivity index (χ4n) is 5.42. The molecule has 1 N–H and O–H groups in total. The zero-order valence-corrected chi connectivity index (χ0v) is 24.7. The molecular weight excluding hydrogens is 597 g/mol. The Hall–Kier alpha value is -3.65. The van der Waals surface area contributed by atoms with Crippen LogP contribution in [-0.4, -0.2) is 63.6 Å². The first-order valence-electron chi connectivity index (χ1n) is 13.1. The van der Waals surface area contributed by atoms with Gasteiger partial charge in [0.25, 0.3) is 11.8 Å². The van der Waals surface area contributed by atoms with E-state index in [1.807, 2.05) is 13.8 Å². The van der Waals surface area contributed by atoms with Gasteiger partial charge in [-0.25, -0.2) is 8.42 Å². The number of hydrogen-bond donors (Lipinski definition) is 1. The molecule has 4 heterocycles. The molecule has 0 saturated heterocycles. The van der Waals surface area contributed by atoms with Crippen molar-refractivity contribution < 1.29 is 31.2 Å². The lowest BCUT2D eigenvalue weighted by molar-refractivity contribution is -0.137. The first-order valence-corrected chi connectivity index (χ1v) is 15.3. The number of nitrogens with zero attached hydrogens (tertiary/aromatic N) is 5. The molecule has 224 valence electrons. The van der Waals surface area contributed by atoms with E-state index in [0.29, 0.717) is 41.3 Å². The molecule has 3 aromatic rings. The molecule has 5 rings (SSSR count). The second kappa shape index (κ2) is 10.6. The molecule has 3 atom stereocenters. The van der Waals surface area contributed by atoms with Crippen molar-refractivity contribution >= 4 is 39.1 Å². The maximum atomic E-state index is 13.9. The summed E-state index contributed by atoms with van der Waals surface area (Å²) >= 11 is 5.75. The number of pyridine rings is 1. The van der Waals surface area contributed by atoms with E-state index in [0.717, 1.165) is 18.4 Å². The van der Waals surface area contributed by atoms with Gasteiger partial charge in [0.1, 0.15) is 5.69 Å². The van der Waals surface area contributed by atoms with Gasteiger partial charge in [-0.1, -0.05) is 11.6 Å². The van der Waals surface area contributed by atoms with Crippen LogP contribution in [0.3, 0.4) is 0 Å². The number of nitrogens with one attached hydrogen (secondary N) is 1. The van der Waals surface area contributed by atoms with Crippen molar-refractivity contribution in [1.29, 1.82) is 0 Å². The topological polar surface area (TPSA) is 117 Å². The molecule has 2 aliphatic rings. The van der Waals surface area contributed by atoms with Crippen LogP contribution in [0.25, 0.3) is 0 Å². The predicted octanol–water partition coefficient (Wildman–Crippen LogP) is 4.69. The summed E-state index contributed by atoms with van der Waals surface area (Å²) in [6.07, 6.45) is -1.98. The lowest BCUT2D eigenvalue weighted by Crippen LogP contribution is -2.45. The highest BCUT2D eigenvalue weighted by Crippen LogP contribution is 2.37. The van der Waals surface area contributed by atoms with Gasteiger partial charge in [-0.3, -0.25) is 24.0 Å². The number of carbonyl (C=O) groups is 2. The summed E-state index contributed by atoms with van der Waals surface area (Å²) in [6, 6.07) is 5.22. The molecule has 1 aromatic carbocycles. The highest BCUT2D eigenvalue weighted by atomic mass is 35.5. The van der Waals surface area contributed by atoms with Crippen molar-refractivity contribution in [2.45, 2.75) is 58.0 Å². The molecule has 10 nitrogen and oxygen atoms in total. The summed E-state index contributed by atoms with van der Waals surface area (Å²) in [5.74, 6) is -0.925. The summed E-state index contributed by atoms with van der Waals surface area (Å²) in [5, 5.41) is 4.20. The molecule has 0 spiro atoms. The Bertz CT molecular complexity index is 1680. The van der Waals surface area contributed by atoms with E-state index in [2.05, 4.69) is 9.71 Å². The number of hydrogen-bond acceptors (Lipinski definition) is 6. The van der Waals surface area contributed by atoms with Crippen molar-refractivity contribution in [1.82, 2.24) is 24.6 Å². The summed E-state index contributed by atoms with van der Waals surface area (Å²) in [5.41, 5.74) is 1.13. The number of aromatic nitrogens is 3. The molecule has 42 heavy (non-hydrogen) atoms. The zero-order valence-electron chi connectivity index (χ0n) is 23.1. The molecule has 0 fully saturated rings. The minimum absolute atomic E-state index is 0.000562. The average molecular weight is 625 g/mol. The van der Waals surface area contributed by atoms with Gasteiger partial charge in [0.05, 0.1) is 58.7 Å². The summed E-state index contributed by atoms with van der Waals surface area (Å²) < 4.78 is 67.4. The SMILES string of the molecule is C[C@@H]1Cc2nn3c(c2CN1C(=O)c1ccc(Cl)c(C(F)(F)F)c1)C(=O)N([C@H](C)c1ccc(NS(C)(=O)=O)cn1)C[C@H]3C. The number of fused-ring (bicyclic) bond motifs is 3. The minimum atomic E-state index is -4.72. The Morgan fingerprint density at radius 3 is 2.50 bits per heavy atom. The van der Waals surface area contributed by atoms with Crippen LogP contribution in [0.4, 0.5) is 18.9 Å². The predicted molar refractivity (Wildman–Crippen MR) is 149 cm³/mol. The number of anilines is 1. The third-order valence-corrected chi connectivity index (χ3v) is 8.48. The summed E-state index contributed by atoms with van der Waals surface area (Å²) in [6.45, 7) is 5.85. The van der Waals surface area contributed by atoms with Gasteiger partial charge in [0.2, 0.25) is 10.0 Å². The van der Waals surface area contributed by atoms with Crippen molar-refractivity contribution in [2.24, 2.45) is 0 Å². The van der Waals surface area contributed by atoms with E-state index in [-0.39, 0.29) is 30.1 Å². The molecule has 0 unspecified atom stereocenters. The van der Waals surface area contributed by atoms with Gasteiger partial charge in [-0.05, 0) is 51.1 Å². The summed E-state index contributed by atoms with van der Waals surface area (Å²) in [7, 11) is -3.47. The fraction of sp³-hybridized carbons (Fsp3) is 0.407. The molecule has 0 bridgehead atoms. The molecule has 0 saturated carbocycles. The Balaban J connectivity index is 1.43. The van der Waals surface area contributed by atoms with Crippen molar-refractivity contribution in [2.75, 3.05) is 17.5 Å². The zero-order chi connectivity index (χ0) is 30.7. The van der Waals surface area contributed by atoms with E-state index in [1.54, 1.807) is 28.6 Å². The average Bonchev–Trinajstić information content (AvgIpc) is 3.27. The number of rotatable bonds is 5. The Morgan fingerprint density at radius 2 is 1.88 bits per heavy atom. The first-order chi connectivity index (χ1) is 19.5. The maximum Gasteiger partial charge on any atom is 0.417 e. The molecule has 2 amide bonds. The molecular formula is C27H28ClF3N6O4S. The minimum Gasteiger partial charge on any atom is -0.331 e. The van der Waals surface area contributed by atoms with Crippen LogP contribution in [0.5, 0.6) is 0 Å². The number of carbonyl (C=O) groups excluding carboxylic acids is 2. The second-order valence-electron chi connectivity index (χ2n) is 10.7. The standard InChI is InChI=1S/C27H28ClF3N6O4S/c1-14-9-23-19(13-35(14)25(38)17-5-7-21(28)20(10-17)27(29,30)31)24-26(39)36(12-15(2)37(24)33-23)16(3)22-8-6-18(11-32-22)34-42(4,40)41/h5-8,10-11,14-16,34H,9,12-13H2,1-4H3/t14-,15-,16-/m1/s1. The Morgan fingerprint density at radius 1 is 1.17 bits per heavy atom. The molecule has 0 radical (unpaired) electrons. The van der Waals surface area contributed by atoms with Crippen LogP contribution in [0.15, 0.2) is 36.5 Å². The normalized spacial score (nSPS) is 19.8. The molecule has 2 aliphatic heterocycles. The molecule has 15 heteroatoms. The van der Waals surface area contributed by atoms with Crippen LogP contribution >= 0.6 is 11.6 Å². The van der Waals surface area contributed by atoms with Crippen LogP contribution in [-0.2, 0) is 29.2 Å². The van der Waals surface area contributed by atoms with Gasteiger partial charge in [0, 0.05) is 30.1 Å². The van der Waals surface area contributed by atoms with E-state index in [4.69, 9.17) is 16.7 Å². The van der Waals surface area contributed by atoms with E-state index >= 15 is 0 Å². The van der Waals surface area contributed by atoms with Gasteiger partial charge in [0.15, 0.2) is 0 Å². The summed E-state index contributed by atoms with van der Waals surface area (Å²) in [4.78, 5) is 34.8.